The molecule has 0 spiro atoms. The first-order valence-corrected chi connectivity index (χ1v) is 5.86. The summed E-state index contributed by atoms with van der Waals surface area (Å²) in [5, 5.41) is 4.29. The zero-order valence-corrected chi connectivity index (χ0v) is 10.5. The average Bonchev–Trinajstić information content (AvgIpc) is 2.82. The van der Waals surface area contributed by atoms with Crippen molar-refractivity contribution in [3.63, 3.8) is 0 Å². The quantitative estimate of drug-likeness (QED) is 0.943. The fourth-order valence-electron chi connectivity index (χ4n) is 1.74. The van der Waals surface area contributed by atoms with Crippen LogP contribution in [0.15, 0.2) is 36.7 Å². The number of nitrogens with two attached hydrogens (primary N) is 1. The Morgan fingerprint density at radius 1 is 1.26 bits per heavy atom. The molecule has 1 unspecified atom stereocenters. The van der Waals surface area contributed by atoms with Crippen LogP contribution in [0, 0.1) is 0 Å². The third-order valence-electron chi connectivity index (χ3n) is 2.73. The van der Waals surface area contributed by atoms with Crippen LogP contribution in [-0.4, -0.2) is 16.3 Å². The Hall–Kier alpha value is -1.53. The van der Waals surface area contributed by atoms with E-state index in [1.807, 2.05) is 0 Å². The molecular formula is C12H11ClF3N3. The van der Waals surface area contributed by atoms with Gasteiger partial charge in [-0.1, -0.05) is 23.7 Å². The fourth-order valence-corrected chi connectivity index (χ4v) is 1.86. The van der Waals surface area contributed by atoms with Gasteiger partial charge in [0.1, 0.15) is 0 Å². The Balaban J connectivity index is 2.32. The van der Waals surface area contributed by atoms with Crippen LogP contribution in [-0.2, 0) is 6.18 Å². The van der Waals surface area contributed by atoms with Crippen molar-refractivity contribution in [1.29, 1.82) is 0 Å². The van der Waals surface area contributed by atoms with Gasteiger partial charge in [-0.2, -0.15) is 18.3 Å². The zero-order chi connectivity index (χ0) is 14.0. The highest BCUT2D eigenvalue weighted by molar-refractivity contribution is 6.30. The second kappa shape index (κ2) is 5.22. The predicted molar refractivity (Wildman–Crippen MR) is 65.9 cm³/mol. The molecule has 2 N–H and O–H groups in total. The van der Waals surface area contributed by atoms with Gasteiger partial charge in [0.2, 0.25) is 0 Å². The minimum Gasteiger partial charge on any atom is -0.328 e. The first-order valence-electron chi connectivity index (χ1n) is 5.48. The number of rotatable bonds is 3. The van der Waals surface area contributed by atoms with E-state index < -0.39 is 17.8 Å². The molecule has 3 nitrogen and oxygen atoms in total. The van der Waals surface area contributed by atoms with E-state index in [9.17, 15) is 13.2 Å². The third-order valence-corrected chi connectivity index (χ3v) is 2.98. The van der Waals surface area contributed by atoms with E-state index in [1.54, 1.807) is 24.3 Å². The minimum absolute atomic E-state index is 0.139. The van der Waals surface area contributed by atoms with Crippen LogP contribution in [0.25, 0.3) is 0 Å². The average molecular weight is 290 g/mol. The number of aromatic nitrogens is 2. The van der Waals surface area contributed by atoms with E-state index in [4.69, 9.17) is 17.3 Å². The van der Waals surface area contributed by atoms with Crippen molar-refractivity contribution in [3.05, 3.63) is 52.8 Å². The van der Waals surface area contributed by atoms with Crippen molar-refractivity contribution in [2.75, 3.05) is 6.54 Å². The maximum atomic E-state index is 12.5. The summed E-state index contributed by atoms with van der Waals surface area (Å²) in [5.74, 6) is 0. The Kier molecular flexibility index (Phi) is 3.82. The molecule has 0 aliphatic carbocycles. The molecule has 0 radical (unpaired) electrons. The summed E-state index contributed by atoms with van der Waals surface area (Å²) < 4.78 is 38.8. The summed E-state index contributed by atoms with van der Waals surface area (Å²) in [7, 11) is 0. The molecule has 1 aromatic carbocycles. The van der Waals surface area contributed by atoms with E-state index in [0.29, 0.717) is 5.02 Å². The molecule has 0 bridgehead atoms. The lowest BCUT2D eigenvalue weighted by molar-refractivity contribution is -0.137. The molecule has 0 aliphatic heterocycles. The SMILES string of the molecule is NCC(c1ccc(Cl)cc1)n1cc(C(F)(F)F)cn1. The smallest absolute Gasteiger partial charge is 0.328 e. The van der Waals surface area contributed by atoms with Crippen molar-refractivity contribution >= 4 is 11.6 Å². The first kappa shape index (κ1) is 13.9. The Labute approximate surface area is 112 Å². The molecule has 1 aromatic heterocycles. The minimum atomic E-state index is -4.41. The third kappa shape index (κ3) is 3.08. The summed E-state index contributed by atoms with van der Waals surface area (Å²) in [5.41, 5.74) is 5.58. The number of hydrogen-bond donors (Lipinski definition) is 1. The molecule has 0 amide bonds. The lowest BCUT2D eigenvalue weighted by Gasteiger charge is -2.16. The van der Waals surface area contributed by atoms with Crippen LogP contribution in [0.4, 0.5) is 13.2 Å². The molecule has 19 heavy (non-hydrogen) atoms. The van der Waals surface area contributed by atoms with E-state index in [1.165, 1.54) is 4.68 Å². The van der Waals surface area contributed by atoms with Gasteiger partial charge in [-0.15, -0.1) is 0 Å². The predicted octanol–water partition coefficient (Wildman–Crippen LogP) is 3.10. The van der Waals surface area contributed by atoms with Crippen molar-refractivity contribution in [2.45, 2.75) is 12.2 Å². The number of alkyl halides is 3. The molecule has 0 aliphatic rings. The van der Waals surface area contributed by atoms with Gasteiger partial charge in [0.05, 0.1) is 17.8 Å². The van der Waals surface area contributed by atoms with Gasteiger partial charge >= 0.3 is 6.18 Å². The van der Waals surface area contributed by atoms with Crippen LogP contribution in [0.5, 0.6) is 0 Å². The van der Waals surface area contributed by atoms with Gasteiger partial charge in [-0.3, -0.25) is 4.68 Å². The normalized spacial score (nSPS) is 13.5. The van der Waals surface area contributed by atoms with Crippen LogP contribution < -0.4 is 5.73 Å². The molecule has 102 valence electrons. The van der Waals surface area contributed by atoms with Crippen LogP contribution in [0.3, 0.4) is 0 Å². The largest absolute Gasteiger partial charge is 0.419 e. The summed E-state index contributed by atoms with van der Waals surface area (Å²) in [6.45, 7) is 0.139. The van der Waals surface area contributed by atoms with Crippen molar-refractivity contribution < 1.29 is 13.2 Å². The van der Waals surface area contributed by atoms with Crippen LogP contribution in [0.1, 0.15) is 17.2 Å². The topological polar surface area (TPSA) is 43.8 Å². The second-order valence-corrected chi connectivity index (χ2v) is 4.45. The second-order valence-electron chi connectivity index (χ2n) is 4.01. The number of halogens is 4. The van der Waals surface area contributed by atoms with Crippen molar-refractivity contribution in [1.82, 2.24) is 9.78 Å². The van der Waals surface area contributed by atoms with Crippen LogP contribution in [0.2, 0.25) is 5.02 Å². The molecule has 1 atom stereocenters. The van der Waals surface area contributed by atoms with E-state index >= 15 is 0 Å². The number of benzene rings is 1. The molecule has 0 saturated carbocycles. The number of hydrogen-bond acceptors (Lipinski definition) is 2. The van der Waals surface area contributed by atoms with E-state index in [0.717, 1.165) is 18.0 Å². The van der Waals surface area contributed by atoms with Crippen molar-refractivity contribution in [2.24, 2.45) is 5.73 Å². The maximum Gasteiger partial charge on any atom is 0.419 e. The molecule has 2 rings (SSSR count). The van der Waals surface area contributed by atoms with E-state index in [-0.39, 0.29) is 6.54 Å². The van der Waals surface area contributed by atoms with Crippen LogP contribution >= 0.6 is 11.6 Å². The summed E-state index contributed by atoms with van der Waals surface area (Å²) >= 11 is 5.77. The molecule has 2 aromatic rings. The molecule has 0 fully saturated rings. The summed E-state index contributed by atoms with van der Waals surface area (Å²) in [6, 6.07) is 6.30. The van der Waals surface area contributed by atoms with Crippen molar-refractivity contribution in [3.8, 4) is 0 Å². The lowest BCUT2D eigenvalue weighted by Crippen LogP contribution is -2.21. The summed E-state index contributed by atoms with van der Waals surface area (Å²) in [6.07, 6.45) is -2.66. The van der Waals surface area contributed by atoms with Gasteiger partial charge < -0.3 is 5.73 Å². The zero-order valence-electron chi connectivity index (χ0n) is 9.73. The number of nitrogens with zero attached hydrogens (tertiary/aromatic N) is 2. The van der Waals surface area contributed by atoms with Gasteiger partial charge in [0, 0.05) is 17.8 Å². The van der Waals surface area contributed by atoms with Gasteiger partial charge in [0.15, 0.2) is 0 Å². The standard InChI is InChI=1S/C12H11ClF3N3/c13-10-3-1-8(2-4-10)11(5-17)19-7-9(6-18-19)12(14,15)16/h1-4,6-7,11H,5,17H2. The van der Waals surface area contributed by atoms with E-state index in [2.05, 4.69) is 5.10 Å². The Morgan fingerprint density at radius 3 is 2.37 bits per heavy atom. The molecule has 1 heterocycles. The maximum absolute atomic E-state index is 12.5. The van der Waals surface area contributed by atoms with Gasteiger partial charge in [-0.25, -0.2) is 0 Å². The van der Waals surface area contributed by atoms with Gasteiger partial charge in [-0.05, 0) is 17.7 Å². The first-order chi connectivity index (χ1) is 8.91. The Morgan fingerprint density at radius 2 is 1.89 bits per heavy atom. The highest BCUT2D eigenvalue weighted by Crippen LogP contribution is 2.30. The highest BCUT2D eigenvalue weighted by Gasteiger charge is 2.32. The molecule has 0 saturated heterocycles. The molecule has 7 heteroatoms. The lowest BCUT2D eigenvalue weighted by atomic mass is 10.1. The van der Waals surface area contributed by atoms with Gasteiger partial charge in [0.25, 0.3) is 0 Å². The molecular weight excluding hydrogens is 279 g/mol. The summed E-state index contributed by atoms with van der Waals surface area (Å²) in [4.78, 5) is 0. The fraction of sp³-hybridized carbons (Fsp3) is 0.250. The monoisotopic (exact) mass is 289 g/mol. The Bertz CT molecular complexity index is 548. The highest BCUT2D eigenvalue weighted by atomic mass is 35.5.